The molecule has 0 bridgehead atoms. The molecule has 37 heavy (non-hydrogen) atoms. The van der Waals surface area contributed by atoms with Gasteiger partial charge in [-0.25, -0.2) is 19.1 Å². The molecule has 1 amide bonds. The van der Waals surface area contributed by atoms with E-state index in [0.717, 1.165) is 9.25 Å². The van der Waals surface area contributed by atoms with Gasteiger partial charge in [0.2, 0.25) is 0 Å². The second-order valence-corrected chi connectivity index (χ2v) is 8.70. The highest BCUT2D eigenvalue weighted by atomic mass is 35.5. The van der Waals surface area contributed by atoms with Crippen LogP contribution in [-0.4, -0.2) is 71.4 Å². The molecule has 0 saturated carbocycles. The van der Waals surface area contributed by atoms with Crippen molar-refractivity contribution < 1.29 is 23.1 Å². The Kier molecular flexibility index (Phi) is 7.18. The fourth-order valence-corrected chi connectivity index (χ4v) is 3.64. The molecule has 194 valence electrons. The number of aliphatic hydroxyl groups is 1. The van der Waals surface area contributed by atoms with Gasteiger partial charge in [0.25, 0.3) is 5.91 Å². The predicted octanol–water partition coefficient (Wildman–Crippen LogP) is 2.62. The Morgan fingerprint density at radius 2 is 1.78 bits per heavy atom. The van der Waals surface area contributed by atoms with Gasteiger partial charge in [-0.05, 0) is 36.4 Å². The minimum absolute atomic E-state index is 0.0914. The molecule has 0 saturated heterocycles. The van der Waals surface area contributed by atoms with E-state index in [0.29, 0.717) is 21.8 Å². The minimum Gasteiger partial charge on any atom is -0.382 e. The molecule has 0 aliphatic rings. The number of aromatic nitrogens is 6. The highest BCUT2D eigenvalue weighted by Gasteiger charge is 2.39. The molecule has 4 rings (SSSR count). The van der Waals surface area contributed by atoms with Gasteiger partial charge in [0.05, 0.1) is 17.8 Å². The van der Waals surface area contributed by atoms with E-state index in [1.165, 1.54) is 40.2 Å². The predicted molar refractivity (Wildman–Crippen MR) is 127 cm³/mol. The number of aliphatic hydroxyl groups excluding tert-OH is 1. The van der Waals surface area contributed by atoms with E-state index in [2.05, 4.69) is 15.2 Å². The molecule has 1 N–H and O–H groups in total. The van der Waals surface area contributed by atoms with Crippen molar-refractivity contribution in [1.82, 2.24) is 34.0 Å². The van der Waals surface area contributed by atoms with E-state index in [9.17, 15) is 27.9 Å². The lowest BCUT2D eigenvalue weighted by Gasteiger charge is -2.15. The fraction of sp³-hybridized carbons (Fsp3) is 0.261. The number of alkyl halides is 3. The van der Waals surface area contributed by atoms with Crippen molar-refractivity contribution in [2.45, 2.75) is 25.4 Å². The molecule has 0 spiro atoms. The minimum atomic E-state index is -4.93. The summed E-state index contributed by atoms with van der Waals surface area (Å²) >= 11 is 5.90. The van der Waals surface area contributed by atoms with Crippen molar-refractivity contribution in [2.75, 3.05) is 14.1 Å². The molecule has 14 heteroatoms. The number of halogens is 4. The average Bonchev–Trinajstić information content (AvgIpc) is 3.44. The second-order valence-electron chi connectivity index (χ2n) is 8.26. The molecule has 1 atom stereocenters. The van der Waals surface area contributed by atoms with Gasteiger partial charge in [0.15, 0.2) is 17.8 Å². The molecule has 0 aliphatic heterocycles. The van der Waals surface area contributed by atoms with Crippen LogP contribution in [0.2, 0.25) is 5.02 Å². The third-order valence-electron chi connectivity index (χ3n) is 5.38. The maximum atomic E-state index is 13.1. The van der Waals surface area contributed by atoms with E-state index in [-0.39, 0.29) is 24.1 Å². The zero-order chi connectivity index (χ0) is 26.9. The van der Waals surface area contributed by atoms with Gasteiger partial charge in [0, 0.05) is 24.7 Å². The van der Waals surface area contributed by atoms with Crippen molar-refractivity contribution >= 4 is 17.5 Å². The van der Waals surface area contributed by atoms with Crippen molar-refractivity contribution in [3.05, 3.63) is 81.8 Å². The summed E-state index contributed by atoms with van der Waals surface area (Å²) < 4.78 is 42.2. The fourth-order valence-electron chi connectivity index (χ4n) is 3.51. The molecule has 0 aliphatic carbocycles. The molecule has 0 radical (unpaired) electrons. The first kappa shape index (κ1) is 26.1. The van der Waals surface area contributed by atoms with Gasteiger partial charge in [-0.1, -0.05) is 23.7 Å². The number of rotatable bonds is 7. The standard InChI is InChI=1S/C23H21ClF3N7O3/c1-31(2)21(36)16-5-3-4-6-17(16)34-13-28-19(29-34)12-33-22(37)32(11-18(35)23(25,26)27)20(30-33)14-7-9-15(24)10-8-14/h3-10,13,18,35H,11-12H2,1-2H3/t18-/m0/s1. The van der Waals surface area contributed by atoms with Crippen molar-refractivity contribution in [2.24, 2.45) is 0 Å². The van der Waals surface area contributed by atoms with Crippen molar-refractivity contribution in [1.29, 1.82) is 0 Å². The number of benzene rings is 2. The molecular formula is C23H21ClF3N7O3. The number of nitrogens with zero attached hydrogens (tertiary/aromatic N) is 7. The van der Waals surface area contributed by atoms with E-state index in [4.69, 9.17) is 11.6 Å². The first-order valence-electron chi connectivity index (χ1n) is 10.9. The summed E-state index contributed by atoms with van der Waals surface area (Å²) in [7, 11) is 3.23. The number of carbonyl (C=O) groups excluding carboxylic acids is 1. The Balaban J connectivity index is 1.70. The zero-order valence-electron chi connectivity index (χ0n) is 19.6. The maximum Gasteiger partial charge on any atom is 0.416 e. The Labute approximate surface area is 213 Å². The van der Waals surface area contributed by atoms with Gasteiger partial charge in [-0.3, -0.25) is 9.36 Å². The van der Waals surface area contributed by atoms with Crippen LogP contribution in [-0.2, 0) is 13.1 Å². The number of para-hydroxylation sites is 1. The average molecular weight is 536 g/mol. The summed E-state index contributed by atoms with van der Waals surface area (Å²) in [6, 6.07) is 12.7. The number of hydrogen-bond donors (Lipinski definition) is 1. The van der Waals surface area contributed by atoms with Crippen LogP contribution >= 0.6 is 11.6 Å². The van der Waals surface area contributed by atoms with Crippen LogP contribution in [0, 0.1) is 0 Å². The number of hydrogen-bond acceptors (Lipinski definition) is 6. The highest BCUT2D eigenvalue weighted by Crippen LogP contribution is 2.24. The first-order valence-corrected chi connectivity index (χ1v) is 11.2. The third-order valence-corrected chi connectivity index (χ3v) is 5.63. The SMILES string of the molecule is CN(C)C(=O)c1ccccc1-n1cnc(Cn2nc(-c3ccc(Cl)cc3)n(C[C@H](O)C(F)(F)F)c2=O)n1. The van der Waals surface area contributed by atoms with E-state index < -0.39 is 24.5 Å². The largest absolute Gasteiger partial charge is 0.416 e. The van der Waals surface area contributed by atoms with E-state index in [1.807, 2.05) is 0 Å². The molecule has 4 aromatic rings. The molecule has 2 heterocycles. The van der Waals surface area contributed by atoms with E-state index >= 15 is 0 Å². The monoisotopic (exact) mass is 535 g/mol. The summed E-state index contributed by atoms with van der Waals surface area (Å²) in [6.07, 6.45) is -6.36. The van der Waals surface area contributed by atoms with Gasteiger partial charge in [-0.2, -0.15) is 13.2 Å². The Bertz CT molecular complexity index is 1480. The Morgan fingerprint density at radius 1 is 1.11 bits per heavy atom. The van der Waals surface area contributed by atoms with Gasteiger partial charge < -0.3 is 10.0 Å². The van der Waals surface area contributed by atoms with Crippen LogP contribution in [0.15, 0.2) is 59.7 Å². The zero-order valence-corrected chi connectivity index (χ0v) is 20.3. The molecule has 2 aromatic carbocycles. The number of amides is 1. The van der Waals surface area contributed by atoms with Crippen LogP contribution in [0.1, 0.15) is 16.2 Å². The third kappa shape index (κ3) is 5.57. The molecular weight excluding hydrogens is 515 g/mol. The quantitative estimate of drug-likeness (QED) is 0.389. The number of carbonyl (C=O) groups is 1. The van der Waals surface area contributed by atoms with Crippen molar-refractivity contribution in [3.63, 3.8) is 0 Å². The molecule has 0 unspecified atom stereocenters. The molecule has 2 aromatic heterocycles. The summed E-state index contributed by atoms with van der Waals surface area (Å²) in [5, 5.41) is 18.5. The van der Waals surface area contributed by atoms with Gasteiger partial charge in [0.1, 0.15) is 12.9 Å². The lowest BCUT2D eigenvalue weighted by atomic mass is 10.1. The normalized spacial score (nSPS) is 12.5. The summed E-state index contributed by atoms with van der Waals surface area (Å²) in [4.78, 5) is 31.2. The van der Waals surface area contributed by atoms with Crippen LogP contribution < -0.4 is 5.69 Å². The maximum absolute atomic E-state index is 13.1. The first-order chi connectivity index (χ1) is 17.5. The summed E-state index contributed by atoms with van der Waals surface area (Å²) in [5.74, 6) is -0.220. The van der Waals surface area contributed by atoms with Crippen LogP contribution in [0.3, 0.4) is 0 Å². The smallest absolute Gasteiger partial charge is 0.382 e. The lowest BCUT2D eigenvalue weighted by molar-refractivity contribution is -0.207. The van der Waals surface area contributed by atoms with Gasteiger partial charge >= 0.3 is 11.9 Å². The molecule has 0 fully saturated rings. The van der Waals surface area contributed by atoms with E-state index in [1.54, 1.807) is 38.4 Å². The molecule has 10 nitrogen and oxygen atoms in total. The highest BCUT2D eigenvalue weighted by molar-refractivity contribution is 6.30. The Hall–Kier alpha value is -3.97. The summed E-state index contributed by atoms with van der Waals surface area (Å²) in [5.41, 5.74) is 0.251. The lowest BCUT2D eigenvalue weighted by Crippen LogP contribution is -2.37. The summed E-state index contributed by atoms with van der Waals surface area (Å²) in [6.45, 7) is -1.33. The topological polar surface area (TPSA) is 111 Å². The van der Waals surface area contributed by atoms with Gasteiger partial charge in [-0.15, -0.1) is 10.2 Å². The van der Waals surface area contributed by atoms with Crippen molar-refractivity contribution in [3.8, 4) is 17.1 Å². The second kappa shape index (κ2) is 10.2. The van der Waals surface area contributed by atoms with Crippen LogP contribution in [0.25, 0.3) is 17.1 Å². The van der Waals surface area contributed by atoms with Crippen LogP contribution in [0.4, 0.5) is 13.2 Å². The Morgan fingerprint density at radius 3 is 2.43 bits per heavy atom. The van der Waals surface area contributed by atoms with Crippen LogP contribution in [0.5, 0.6) is 0 Å².